The molecule has 4 aliphatic rings. The zero-order chi connectivity index (χ0) is 23.4. The van der Waals surface area contributed by atoms with Gasteiger partial charge in [-0.3, -0.25) is 9.42 Å². The number of hydrogen-bond donors (Lipinski definition) is 0. The van der Waals surface area contributed by atoms with Crippen molar-refractivity contribution in [3.63, 3.8) is 0 Å². The molecule has 0 N–H and O–H groups in total. The van der Waals surface area contributed by atoms with Crippen molar-refractivity contribution in [2.75, 3.05) is 0 Å². The molecular formula is C22H13F4N5O3. The molecule has 1 unspecified atom stereocenters. The maximum atomic E-state index is 14.1. The maximum Gasteiger partial charge on any atom is 0.535 e. The standard InChI is InChI=1S/C22H13F4N5O3/c23-14-3-1-2-13(20(14)24)21-28-16-8-27-31(10-17(16)29-21)9-12-7-15(30-34-12)11-4-5-18-19(6-11)33-22(25,26)32-18/h1-5,7-8,10,19H,6,9H2. The fourth-order valence-electron chi connectivity index (χ4n) is 3.82. The first-order valence-electron chi connectivity index (χ1n) is 10.1. The molecule has 6 rings (SSSR count). The monoisotopic (exact) mass is 471 g/mol. The van der Waals surface area contributed by atoms with E-state index >= 15 is 0 Å². The van der Waals surface area contributed by atoms with Crippen LogP contribution in [0.3, 0.4) is 0 Å². The molecule has 1 aromatic carbocycles. The largest absolute Gasteiger partial charge is 0.535 e. The number of imidazole rings is 1. The second-order valence-corrected chi connectivity index (χ2v) is 7.71. The molecule has 0 radical (unpaired) electrons. The molecular weight excluding hydrogens is 458 g/mol. The molecule has 172 valence electrons. The van der Waals surface area contributed by atoms with Crippen LogP contribution in [0, 0.1) is 11.6 Å². The summed E-state index contributed by atoms with van der Waals surface area (Å²) < 4.78 is 70.1. The van der Waals surface area contributed by atoms with Crippen LogP contribution in [-0.4, -0.2) is 37.3 Å². The lowest BCUT2D eigenvalue weighted by molar-refractivity contribution is -0.341. The van der Waals surface area contributed by atoms with Gasteiger partial charge in [0.2, 0.25) is 0 Å². The van der Waals surface area contributed by atoms with Gasteiger partial charge in [-0.1, -0.05) is 17.3 Å². The molecule has 1 atom stereocenters. The van der Waals surface area contributed by atoms with Gasteiger partial charge in [0.25, 0.3) is 0 Å². The molecule has 1 aliphatic carbocycles. The predicted octanol–water partition coefficient (Wildman–Crippen LogP) is 4.40. The van der Waals surface area contributed by atoms with Crippen molar-refractivity contribution in [3.05, 3.63) is 77.7 Å². The molecule has 0 bridgehead atoms. The highest BCUT2D eigenvalue weighted by molar-refractivity contribution is 5.67. The number of fused-ring (bicyclic) bond motifs is 2. The molecule has 4 heterocycles. The third kappa shape index (κ3) is 3.61. The van der Waals surface area contributed by atoms with Gasteiger partial charge in [0, 0.05) is 12.5 Å². The Morgan fingerprint density at radius 1 is 1.09 bits per heavy atom. The summed E-state index contributed by atoms with van der Waals surface area (Å²) in [4.78, 5) is 8.50. The van der Waals surface area contributed by atoms with E-state index in [0.29, 0.717) is 28.4 Å². The quantitative estimate of drug-likeness (QED) is 0.408. The zero-order valence-electron chi connectivity index (χ0n) is 17.1. The lowest BCUT2D eigenvalue weighted by Crippen LogP contribution is -2.18. The molecule has 0 spiro atoms. The van der Waals surface area contributed by atoms with Crippen LogP contribution >= 0.6 is 0 Å². The molecule has 1 saturated heterocycles. The number of benzene rings is 1. The lowest BCUT2D eigenvalue weighted by Gasteiger charge is -2.13. The van der Waals surface area contributed by atoms with E-state index in [-0.39, 0.29) is 30.1 Å². The summed E-state index contributed by atoms with van der Waals surface area (Å²) >= 11 is 0. The van der Waals surface area contributed by atoms with Gasteiger partial charge in [-0.05, 0) is 23.8 Å². The van der Waals surface area contributed by atoms with Crippen molar-refractivity contribution < 1.29 is 31.6 Å². The minimum Gasteiger partial charge on any atom is -0.411 e. The summed E-state index contributed by atoms with van der Waals surface area (Å²) in [5.41, 5.74) is 1.93. The van der Waals surface area contributed by atoms with E-state index in [1.54, 1.807) is 18.3 Å². The maximum absolute atomic E-state index is 14.1. The van der Waals surface area contributed by atoms with Crippen LogP contribution in [0.1, 0.15) is 17.9 Å². The van der Waals surface area contributed by atoms with Gasteiger partial charge < -0.3 is 9.26 Å². The Morgan fingerprint density at radius 3 is 2.82 bits per heavy atom. The number of aromatic nitrogens is 5. The number of alkyl halides is 2. The smallest absolute Gasteiger partial charge is 0.411 e. The van der Waals surface area contributed by atoms with Gasteiger partial charge in [-0.25, -0.2) is 18.7 Å². The SMILES string of the molecule is Fc1cccc(-c2nc3cnn(Cc4cc(C5=CC=C6OC(F)(F)OC6C5)no4)cc-3n2)c1F. The van der Waals surface area contributed by atoms with Crippen LogP contribution in [0.4, 0.5) is 17.6 Å². The first-order valence-corrected chi connectivity index (χ1v) is 10.1. The summed E-state index contributed by atoms with van der Waals surface area (Å²) in [5, 5.41) is 8.25. The van der Waals surface area contributed by atoms with Gasteiger partial charge in [-0.2, -0.15) is 5.10 Å². The van der Waals surface area contributed by atoms with Gasteiger partial charge >= 0.3 is 6.29 Å². The topological polar surface area (TPSA) is 88.1 Å². The van der Waals surface area contributed by atoms with Crippen molar-refractivity contribution in [1.82, 2.24) is 24.9 Å². The van der Waals surface area contributed by atoms with Gasteiger partial charge in [0.15, 0.2) is 23.2 Å². The summed E-state index contributed by atoms with van der Waals surface area (Å²) in [5.74, 6) is -1.44. The average molecular weight is 471 g/mol. The summed E-state index contributed by atoms with van der Waals surface area (Å²) in [6.45, 7) is 0.189. The number of nitrogens with zero attached hydrogens (tertiary/aromatic N) is 5. The lowest BCUT2D eigenvalue weighted by atomic mass is 9.98. The van der Waals surface area contributed by atoms with Gasteiger partial charge in [0.1, 0.15) is 35.5 Å². The molecule has 1 aromatic heterocycles. The Kier molecular flexibility index (Phi) is 4.52. The van der Waals surface area contributed by atoms with Crippen LogP contribution < -0.4 is 0 Å². The molecule has 2 aromatic rings. The van der Waals surface area contributed by atoms with Crippen molar-refractivity contribution in [2.24, 2.45) is 0 Å². The van der Waals surface area contributed by atoms with Gasteiger partial charge in [0.05, 0.1) is 18.0 Å². The van der Waals surface area contributed by atoms with Crippen molar-refractivity contribution in [1.29, 1.82) is 0 Å². The van der Waals surface area contributed by atoms with Crippen LogP contribution in [0.25, 0.3) is 28.3 Å². The molecule has 12 heteroatoms. The Hall–Kier alpha value is -4.06. The summed E-state index contributed by atoms with van der Waals surface area (Å²) in [6, 6.07) is 5.46. The first kappa shape index (κ1) is 20.5. The molecule has 0 amide bonds. The summed E-state index contributed by atoms with van der Waals surface area (Å²) in [7, 11) is 0. The second-order valence-electron chi connectivity index (χ2n) is 7.71. The number of ether oxygens (including phenoxy) is 2. The number of hydrogen-bond acceptors (Lipinski definition) is 7. The third-order valence-corrected chi connectivity index (χ3v) is 5.40. The molecule has 3 aliphatic heterocycles. The molecule has 34 heavy (non-hydrogen) atoms. The van der Waals surface area contributed by atoms with E-state index < -0.39 is 24.0 Å². The number of halogens is 4. The second kappa shape index (κ2) is 7.48. The Morgan fingerprint density at radius 2 is 1.94 bits per heavy atom. The first-order chi connectivity index (χ1) is 16.3. The molecule has 0 saturated carbocycles. The zero-order valence-corrected chi connectivity index (χ0v) is 17.1. The van der Waals surface area contributed by atoms with E-state index in [1.807, 2.05) is 0 Å². The number of rotatable bonds is 4. The Balaban J connectivity index is 1.21. The van der Waals surface area contributed by atoms with Crippen molar-refractivity contribution in [3.8, 4) is 22.8 Å². The minimum absolute atomic E-state index is 0.0463. The Bertz CT molecular complexity index is 1440. The van der Waals surface area contributed by atoms with E-state index in [1.165, 1.54) is 29.1 Å². The van der Waals surface area contributed by atoms with E-state index in [9.17, 15) is 17.6 Å². The van der Waals surface area contributed by atoms with Crippen LogP contribution in [0.15, 0.2) is 59.1 Å². The minimum atomic E-state index is -3.64. The average Bonchev–Trinajstić information content (AvgIpc) is 3.50. The fraction of sp³-hybridized carbons (Fsp3) is 0.182. The fourth-order valence-corrected chi connectivity index (χ4v) is 3.82. The number of allylic oxidation sites excluding steroid dienone is 2. The van der Waals surface area contributed by atoms with E-state index in [4.69, 9.17) is 4.52 Å². The van der Waals surface area contributed by atoms with E-state index in [0.717, 1.165) is 6.07 Å². The summed E-state index contributed by atoms with van der Waals surface area (Å²) in [6.07, 6.45) is 1.73. The molecule has 8 nitrogen and oxygen atoms in total. The van der Waals surface area contributed by atoms with Crippen LogP contribution in [-0.2, 0) is 16.0 Å². The highest BCUT2D eigenvalue weighted by Gasteiger charge is 2.48. The normalized spacial score (nSPS) is 19.0. The highest BCUT2D eigenvalue weighted by atomic mass is 19.3. The Labute approximate surface area is 188 Å². The highest BCUT2D eigenvalue weighted by Crippen LogP contribution is 2.40. The van der Waals surface area contributed by atoms with Crippen LogP contribution in [0.2, 0.25) is 0 Å². The van der Waals surface area contributed by atoms with Crippen LogP contribution in [0.5, 0.6) is 0 Å². The van der Waals surface area contributed by atoms with E-state index in [2.05, 4.69) is 29.7 Å². The third-order valence-electron chi connectivity index (χ3n) is 5.40. The molecule has 1 fully saturated rings. The predicted molar refractivity (Wildman–Crippen MR) is 107 cm³/mol. The van der Waals surface area contributed by atoms with Gasteiger partial charge in [-0.15, -0.1) is 8.78 Å². The van der Waals surface area contributed by atoms with Crippen molar-refractivity contribution >= 4 is 5.57 Å². The van der Waals surface area contributed by atoms with Crippen molar-refractivity contribution in [2.45, 2.75) is 25.4 Å².